The molecule has 0 atom stereocenters. The number of carbonyl (C=O) groups is 1. The molecule has 2 aromatic carbocycles. The second-order valence-electron chi connectivity index (χ2n) is 6.23. The van der Waals surface area contributed by atoms with Gasteiger partial charge in [0.1, 0.15) is 12.4 Å². The topological polar surface area (TPSA) is 60.5 Å². The van der Waals surface area contributed by atoms with Crippen LogP contribution in [0.2, 0.25) is 0 Å². The van der Waals surface area contributed by atoms with Crippen LogP contribution in [0.3, 0.4) is 0 Å². The molecule has 3 rings (SSSR count). The van der Waals surface area contributed by atoms with Crippen LogP contribution in [-0.4, -0.2) is 31.2 Å². The van der Waals surface area contributed by atoms with E-state index in [9.17, 15) is 18.0 Å². The first-order valence-electron chi connectivity index (χ1n) is 8.84. The number of alkyl halides is 3. The van der Waals surface area contributed by atoms with E-state index in [-0.39, 0.29) is 17.4 Å². The monoisotopic (exact) mass is 404 g/mol. The number of benzene rings is 2. The number of carbonyl (C=O) groups excluding carboxylic acids is 1. The van der Waals surface area contributed by atoms with Gasteiger partial charge in [0, 0.05) is 25.2 Å². The van der Waals surface area contributed by atoms with Crippen molar-refractivity contribution in [3.05, 3.63) is 71.4 Å². The molecule has 1 N–H and O–H groups in total. The zero-order valence-electron chi connectivity index (χ0n) is 15.6. The summed E-state index contributed by atoms with van der Waals surface area (Å²) in [5, 5.41) is 2.42. The summed E-state index contributed by atoms with van der Waals surface area (Å²) in [5.41, 5.74) is -0.631. The second-order valence-corrected chi connectivity index (χ2v) is 6.23. The number of methoxy groups -OCH3 is 1. The van der Waals surface area contributed by atoms with Crippen molar-refractivity contribution in [3.63, 3.8) is 0 Å². The van der Waals surface area contributed by atoms with Gasteiger partial charge in [-0.15, -0.1) is 0 Å². The largest absolute Gasteiger partial charge is 0.491 e. The van der Waals surface area contributed by atoms with Crippen LogP contribution in [-0.2, 0) is 17.5 Å². The molecule has 0 aliphatic carbocycles. The minimum absolute atomic E-state index is 0.0461. The maximum absolute atomic E-state index is 13.7. The van der Waals surface area contributed by atoms with Gasteiger partial charge in [-0.05, 0) is 23.8 Å². The number of para-hydroxylation sites is 1. The molecule has 0 spiro atoms. The number of rotatable bonds is 7. The number of ether oxygens (including phenoxy) is 2. The maximum Gasteiger partial charge on any atom is 0.417 e. The van der Waals surface area contributed by atoms with Gasteiger partial charge in [-0.25, -0.2) is 0 Å². The molecule has 0 fully saturated rings. The number of pyridine rings is 1. The number of amides is 1. The quantitative estimate of drug-likeness (QED) is 0.600. The molecule has 152 valence electrons. The third kappa shape index (κ3) is 5.03. The van der Waals surface area contributed by atoms with Crippen molar-refractivity contribution in [2.24, 2.45) is 0 Å². The summed E-state index contributed by atoms with van der Waals surface area (Å²) in [5.74, 6) is -0.265. The van der Waals surface area contributed by atoms with E-state index in [4.69, 9.17) is 9.47 Å². The molecule has 3 aromatic rings. The molecular formula is C21H19F3N2O3. The first-order chi connectivity index (χ1) is 13.9. The Balaban J connectivity index is 1.80. The van der Waals surface area contributed by atoms with Crippen LogP contribution in [0.15, 0.2) is 54.7 Å². The Morgan fingerprint density at radius 2 is 1.90 bits per heavy atom. The third-order valence-electron chi connectivity index (χ3n) is 4.21. The summed E-state index contributed by atoms with van der Waals surface area (Å²) in [6.07, 6.45) is -3.73. The van der Waals surface area contributed by atoms with Crippen LogP contribution in [0.5, 0.6) is 5.75 Å². The minimum atomic E-state index is -4.69. The van der Waals surface area contributed by atoms with Crippen molar-refractivity contribution in [3.8, 4) is 5.75 Å². The van der Waals surface area contributed by atoms with Crippen LogP contribution >= 0.6 is 0 Å². The number of halogens is 3. The Hall–Kier alpha value is -3.13. The zero-order valence-corrected chi connectivity index (χ0v) is 15.6. The summed E-state index contributed by atoms with van der Waals surface area (Å²) in [4.78, 5) is 16.5. The average molecular weight is 404 g/mol. The van der Waals surface area contributed by atoms with E-state index in [0.717, 1.165) is 6.20 Å². The number of hydrogen-bond acceptors (Lipinski definition) is 4. The normalized spacial score (nSPS) is 11.4. The molecule has 0 radical (unpaired) electrons. The summed E-state index contributed by atoms with van der Waals surface area (Å²) in [6.45, 7) is 0.838. The lowest BCUT2D eigenvalue weighted by atomic mass is 10.0. The molecule has 0 saturated heterocycles. The van der Waals surface area contributed by atoms with Crippen molar-refractivity contribution < 1.29 is 27.4 Å². The van der Waals surface area contributed by atoms with Crippen LogP contribution in [0.4, 0.5) is 13.2 Å². The Kier molecular flexibility index (Phi) is 6.33. The van der Waals surface area contributed by atoms with Crippen molar-refractivity contribution in [1.82, 2.24) is 10.3 Å². The Labute approximate surface area is 165 Å². The lowest BCUT2D eigenvalue weighted by Crippen LogP contribution is -2.26. The first kappa shape index (κ1) is 20.6. The van der Waals surface area contributed by atoms with Crippen LogP contribution < -0.4 is 10.1 Å². The average Bonchev–Trinajstić information content (AvgIpc) is 2.71. The molecule has 5 nitrogen and oxygen atoms in total. The van der Waals surface area contributed by atoms with E-state index >= 15 is 0 Å². The van der Waals surface area contributed by atoms with Gasteiger partial charge >= 0.3 is 6.18 Å². The smallest absolute Gasteiger partial charge is 0.417 e. The Bertz CT molecular complexity index is 1010. The molecule has 29 heavy (non-hydrogen) atoms. The van der Waals surface area contributed by atoms with Gasteiger partial charge < -0.3 is 14.8 Å². The highest BCUT2D eigenvalue weighted by molar-refractivity contribution is 6.00. The Morgan fingerprint density at radius 1 is 1.10 bits per heavy atom. The molecule has 0 bridgehead atoms. The van der Waals surface area contributed by atoms with Gasteiger partial charge in [0.25, 0.3) is 5.91 Å². The van der Waals surface area contributed by atoms with Crippen molar-refractivity contribution in [1.29, 1.82) is 0 Å². The number of nitrogens with zero attached hydrogens (tertiary/aromatic N) is 1. The highest BCUT2D eigenvalue weighted by Crippen LogP contribution is 2.36. The molecule has 0 unspecified atom stereocenters. The molecular weight excluding hydrogens is 385 g/mol. The maximum atomic E-state index is 13.7. The lowest BCUT2D eigenvalue weighted by molar-refractivity contribution is -0.136. The van der Waals surface area contributed by atoms with Gasteiger partial charge in [-0.3, -0.25) is 9.78 Å². The van der Waals surface area contributed by atoms with Gasteiger partial charge in [-0.2, -0.15) is 13.2 Å². The van der Waals surface area contributed by atoms with Gasteiger partial charge in [-0.1, -0.05) is 30.3 Å². The van der Waals surface area contributed by atoms with Crippen LogP contribution in [0, 0.1) is 0 Å². The fourth-order valence-corrected chi connectivity index (χ4v) is 2.88. The van der Waals surface area contributed by atoms with E-state index in [1.165, 1.54) is 18.2 Å². The standard InChI is InChI=1S/C21H19F3N2O3/c1-28-9-10-29-15-6-4-5-14(11-15)12-26-20(27)17-13-25-18-8-3-2-7-16(18)19(17)21(22,23)24/h2-8,11,13H,9-10,12H2,1H3,(H,26,27). The van der Waals surface area contributed by atoms with E-state index in [1.807, 2.05) is 0 Å². The molecule has 0 saturated carbocycles. The molecule has 1 amide bonds. The predicted molar refractivity (Wildman–Crippen MR) is 102 cm³/mol. The fourth-order valence-electron chi connectivity index (χ4n) is 2.88. The van der Waals surface area contributed by atoms with Gasteiger partial charge in [0.15, 0.2) is 0 Å². The van der Waals surface area contributed by atoms with E-state index in [0.29, 0.717) is 24.5 Å². The minimum Gasteiger partial charge on any atom is -0.491 e. The summed E-state index contributed by atoms with van der Waals surface area (Å²) >= 11 is 0. The van der Waals surface area contributed by atoms with E-state index in [1.54, 1.807) is 37.4 Å². The predicted octanol–water partition coefficient (Wildman–Crippen LogP) is 4.21. The molecule has 1 heterocycles. The zero-order chi connectivity index (χ0) is 20.9. The van der Waals surface area contributed by atoms with Crippen molar-refractivity contribution >= 4 is 16.8 Å². The van der Waals surface area contributed by atoms with Gasteiger partial charge in [0.2, 0.25) is 0 Å². The fraction of sp³-hybridized carbons (Fsp3) is 0.238. The van der Waals surface area contributed by atoms with Crippen LogP contribution in [0.1, 0.15) is 21.5 Å². The SMILES string of the molecule is COCCOc1cccc(CNC(=O)c2cnc3ccccc3c2C(F)(F)F)c1. The lowest BCUT2D eigenvalue weighted by Gasteiger charge is -2.15. The third-order valence-corrected chi connectivity index (χ3v) is 4.21. The Morgan fingerprint density at radius 3 is 2.66 bits per heavy atom. The molecule has 0 aliphatic heterocycles. The summed E-state index contributed by atoms with van der Waals surface area (Å²) in [7, 11) is 1.56. The van der Waals surface area contributed by atoms with E-state index < -0.39 is 23.2 Å². The second kappa shape index (κ2) is 8.91. The van der Waals surface area contributed by atoms with Crippen molar-refractivity contribution in [2.75, 3.05) is 20.3 Å². The van der Waals surface area contributed by atoms with Crippen LogP contribution in [0.25, 0.3) is 10.9 Å². The number of nitrogens with one attached hydrogen (secondary N) is 1. The molecule has 1 aromatic heterocycles. The van der Waals surface area contributed by atoms with E-state index in [2.05, 4.69) is 10.3 Å². The highest BCUT2D eigenvalue weighted by Gasteiger charge is 2.37. The summed E-state index contributed by atoms with van der Waals surface area (Å²) < 4.78 is 51.4. The highest BCUT2D eigenvalue weighted by atomic mass is 19.4. The van der Waals surface area contributed by atoms with Crippen molar-refractivity contribution in [2.45, 2.75) is 12.7 Å². The summed E-state index contributed by atoms with van der Waals surface area (Å²) in [6, 6.07) is 12.8. The number of aromatic nitrogens is 1. The number of fused-ring (bicyclic) bond motifs is 1. The number of hydrogen-bond donors (Lipinski definition) is 1. The molecule has 0 aliphatic rings. The van der Waals surface area contributed by atoms with Gasteiger partial charge in [0.05, 0.1) is 23.3 Å². The first-order valence-corrected chi connectivity index (χ1v) is 8.84. The molecule has 8 heteroatoms.